The maximum absolute atomic E-state index is 11.7. The third-order valence-corrected chi connectivity index (χ3v) is 3.83. The van der Waals surface area contributed by atoms with Crippen molar-refractivity contribution in [2.24, 2.45) is 5.92 Å². The summed E-state index contributed by atoms with van der Waals surface area (Å²) in [7, 11) is 3.66. The van der Waals surface area contributed by atoms with Crippen LogP contribution >= 0.6 is 11.6 Å². The van der Waals surface area contributed by atoms with Gasteiger partial charge in [-0.3, -0.25) is 4.79 Å². The van der Waals surface area contributed by atoms with Gasteiger partial charge in [-0.2, -0.15) is 0 Å². The average molecular weight is 312 g/mol. The first-order valence-corrected chi connectivity index (χ1v) is 7.79. The Balaban J connectivity index is 2.85. The van der Waals surface area contributed by atoms with Crippen LogP contribution in [0.2, 0.25) is 5.02 Å². The van der Waals surface area contributed by atoms with Crippen LogP contribution in [-0.2, 0) is 11.3 Å². The van der Waals surface area contributed by atoms with Gasteiger partial charge < -0.3 is 15.5 Å². The molecule has 118 valence electrons. The molecule has 0 radical (unpaired) electrons. The van der Waals surface area contributed by atoms with Crippen molar-refractivity contribution in [1.29, 1.82) is 0 Å². The zero-order valence-corrected chi connectivity index (χ0v) is 14.1. The predicted octanol–water partition coefficient (Wildman–Crippen LogP) is 2.66. The lowest BCUT2D eigenvalue weighted by atomic mass is 10.1. The van der Waals surface area contributed by atoms with E-state index in [2.05, 4.69) is 22.5 Å². The van der Waals surface area contributed by atoms with Crippen LogP contribution in [0.4, 0.5) is 5.69 Å². The van der Waals surface area contributed by atoms with E-state index in [4.69, 9.17) is 11.6 Å². The van der Waals surface area contributed by atoms with Crippen molar-refractivity contribution in [3.63, 3.8) is 0 Å². The van der Waals surface area contributed by atoms with Crippen LogP contribution in [-0.4, -0.2) is 33.1 Å². The van der Waals surface area contributed by atoms with Gasteiger partial charge in [-0.15, -0.1) is 0 Å². The minimum absolute atomic E-state index is 0.0505. The van der Waals surface area contributed by atoms with Gasteiger partial charge in [0, 0.05) is 43.5 Å². The third kappa shape index (κ3) is 5.21. The molecule has 21 heavy (non-hydrogen) atoms. The molecule has 0 fully saturated rings. The Morgan fingerprint density at radius 1 is 1.43 bits per heavy atom. The van der Waals surface area contributed by atoms with E-state index in [1.165, 1.54) is 0 Å². The molecule has 0 saturated heterocycles. The fourth-order valence-electron chi connectivity index (χ4n) is 2.31. The van der Waals surface area contributed by atoms with Gasteiger partial charge in [0.2, 0.25) is 5.91 Å². The maximum Gasteiger partial charge on any atom is 0.224 e. The number of nitrogens with one attached hydrogen (secondary N) is 2. The van der Waals surface area contributed by atoms with Crippen molar-refractivity contribution in [3.8, 4) is 0 Å². The highest BCUT2D eigenvalue weighted by molar-refractivity contribution is 6.31. The molecule has 0 aliphatic heterocycles. The summed E-state index contributed by atoms with van der Waals surface area (Å²) in [5, 5.41) is 6.83. The molecule has 5 heteroatoms. The maximum atomic E-state index is 11.7. The number of halogens is 1. The first kappa shape index (κ1) is 17.8. The number of amides is 1. The number of rotatable bonds is 8. The van der Waals surface area contributed by atoms with E-state index in [9.17, 15) is 4.79 Å². The quantitative estimate of drug-likeness (QED) is 0.726. The fourth-order valence-corrected chi connectivity index (χ4v) is 2.54. The largest absolute Gasteiger partial charge is 0.374 e. The molecule has 1 atom stereocenters. The van der Waals surface area contributed by atoms with E-state index in [0.717, 1.165) is 35.8 Å². The van der Waals surface area contributed by atoms with Crippen LogP contribution in [0.1, 0.15) is 25.8 Å². The van der Waals surface area contributed by atoms with E-state index >= 15 is 0 Å². The number of hydrogen-bond acceptors (Lipinski definition) is 3. The lowest BCUT2D eigenvalue weighted by molar-refractivity contribution is -0.123. The normalized spacial score (nSPS) is 12.0. The number of carbonyl (C=O) groups is 1. The van der Waals surface area contributed by atoms with Crippen molar-refractivity contribution >= 4 is 23.2 Å². The van der Waals surface area contributed by atoms with E-state index in [1.54, 1.807) is 7.05 Å². The molecular formula is C16H26ClN3O. The van der Waals surface area contributed by atoms with E-state index in [-0.39, 0.29) is 11.8 Å². The molecule has 1 unspecified atom stereocenters. The third-order valence-electron chi connectivity index (χ3n) is 3.48. The van der Waals surface area contributed by atoms with E-state index < -0.39 is 0 Å². The van der Waals surface area contributed by atoms with Gasteiger partial charge in [0.25, 0.3) is 0 Å². The monoisotopic (exact) mass is 311 g/mol. The van der Waals surface area contributed by atoms with Crippen LogP contribution in [0.25, 0.3) is 0 Å². The first-order chi connectivity index (χ1) is 10.0. The molecule has 4 nitrogen and oxygen atoms in total. The molecule has 0 bridgehead atoms. The van der Waals surface area contributed by atoms with Gasteiger partial charge in [0.05, 0.1) is 5.92 Å². The lowest BCUT2D eigenvalue weighted by Crippen LogP contribution is -2.35. The van der Waals surface area contributed by atoms with Crippen molar-refractivity contribution in [2.75, 3.05) is 32.1 Å². The topological polar surface area (TPSA) is 44.4 Å². The van der Waals surface area contributed by atoms with Crippen molar-refractivity contribution in [3.05, 3.63) is 28.8 Å². The summed E-state index contributed by atoms with van der Waals surface area (Å²) in [6, 6.07) is 5.90. The molecule has 1 amide bonds. The van der Waals surface area contributed by atoms with Gasteiger partial charge in [0.1, 0.15) is 0 Å². The SMILES string of the molecule is CCCNCc1c(Cl)cccc1N(C)CC(C)C(=O)NC. The van der Waals surface area contributed by atoms with Crippen molar-refractivity contribution in [1.82, 2.24) is 10.6 Å². The Hall–Kier alpha value is -1.26. The van der Waals surface area contributed by atoms with Gasteiger partial charge in [-0.1, -0.05) is 31.5 Å². The zero-order chi connectivity index (χ0) is 15.8. The average Bonchev–Trinajstić information content (AvgIpc) is 2.47. The Bertz CT molecular complexity index is 465. The highest BCUT2D eigenvalue weighted by atomic mass is 35.5. The minimum atomic E-state index is -0.0737. The Morgan fingerprint density at radius 2 is 2.14 bits per heavy atom. The number of hydrogen-bond donors (Lipinski definition) is 2. The first-order valence-electron chi connectivity index (χ1n) is 7.42. The molecule has 2 N–H and O–H groups in total. The molecule has 1 rings (SSSR count). The second-order valence-corrected chi connectivity index (χ2v) is 5.72. The van der Waals surface area contributed by atoms with Gasteiger partial charge >= 0.3 is 0 Å². The molecular weight excluding hydrogens is 286 g/mol. The standard InChI is InChI=1S/C16H26ClN3O/c1-5-9-19-10-13-14(17)7-6-8-15(13)20(4)11-12(2)16(21)18-3/h6-8,12,19H,5,9-11H2,1-4H3,(H,18,21). The fraction of sp³-hybridized carbons (Fsp3) is 0.562. The molecule has 0 aliphatic rings. The molecule has 0 spiro atoms. The number of carbonyl (C=O) groups excluding carboxylic acids is 1. The molecule has 1 aromatic carbocycles. The molecule has 0 heterocycles. The second-order valence-electron chi connectivity index (χ2n) is 5.31. The molecule has 1 aromatic rings. The highest BCUT2D eigenvalue weighted by Gasteiger charge is 2.16. The molecule has 0 aliphatic carbocycles. The molecule has 0 saturated carbocycles. The summed E-state index contributed by atoms with van der Waals surface area (Å²) in [4.78, 5) is 13.8. The van der Waals surface area contributed by atoms with Crippen LogP contribution in [0.15, 0.2) is 18.2 Å². The summed E-state index contributed by atoms with van der Waals surface area (Å²) < 4.78 is 0. The van der Waals surface area contributed by atoms with Crippen LogP contribution in [0.3, 0.4) is 0 Å². The Labute approximate surface area is 132 Å². The van der Waals surface area contributed by atoms with E-state index in [1.807, 2.05) is 32.2 Å². The van der Waals surface area contributed by atoms with Crippen LogP contribution in [0, 0.1) is 5.92 Å². The highest BCUT2D eigenvalue weighted by Crippen LogP contribution is 2.27. The summed E-state index contributed by atoms with van der Waals surface area (Å²) in [6.45, 7) is 6.41. The number of nitrogens with zero attached hydrogens (tertiary/aromatic N) is 1. The van der Waals surface area contributed by atoms with Gasteiger partial charge in [-0.05, 0) is 25.1 Å². The number of benzene rings is 1. The van der Waals surface area contributed by atoms with Crippen LogP contribution < -0.4 is 15.5 Å². The van der Waals surface area contributed by atoms with Crippen molar-refractivity contribution in [2.45, 2.75) is 26.8 Å². The smallest absolute Gasteiger partial charge is 0.224 e. The van der Waals surface area contributed by atoms with Gasteiger partial charge in [-0.25, -0.2) is 0 Å². The summed E-state index contributed by atoms with van der Waals surface area (Å²) >= 11 is 6.33. The summed E-state index contributed by atoms with van der Waals surface area (Å²) in [5.74, 6) is -0.0232. The zero-order valence-electron chi connectivity index (χ0n) is 13.4. The van der Waals surface area contributed by atoms with Crippen LogP contribution in [0.5, 0.6) is 0 Å². The number of anilines is 1. The Morgan fingerprint density at radius 3 is 2.76 bits per heavy atom. The minimum Gasteiger partial charge on any atom is -0.374 e. The summed E-state index contributed by atoms with van der Waals surface area (Å²) in [5.41, 5.74) is 2.15. The predicted molar refractivity (Wildman–Crippen MR) is 90.0 cm³/mol. The van der Waals surface area contributed by atoms with E-state index in [0.29, 0.717) is 6.54 Å². The van der Waals surface area contributed by atoms with Crippen molar-refractivity contribution < 1.29 is 4.79 Å². The second kappa shape index (κ2) is 8.90. The lowest BCUT2D eigenvalue weighted by Gasteiger charge is -2.26. The summed E-state index contributed by atoms with van der Waals surface area (Å²) in [6.07, 6.45) is 1.09. The molecule has 0 aromatic heterocycles. The van der Waals surface area contributed by atoms with Gasteiger partial charge in [0.15, 0.2) is 0 Å². The Kier molecular flexibility index (Phi) is 7.54.